The summed E-state index contributed by atoms with van der Waals surface area (Å²) in [4.78, 5) is 15.2. The molecule has 1 N–H and O–H groups in total. The van der Waals surface area contributed by atoms with Gasteiger partial charge < -0.3 is 19.7 Å². The van der Waals surface area contributed by atoms with Crippen LogP contribution in [0.1, 0.15) is 23.7 Å². The average Bonchev–Trinajstić information content (AvgIpc) is 3.05. The minimum Gasteiger partial charge on any atom is -0.489 e. The third kappa shape index (κ3) is 4.85. The maximum atomic E-state index is 12.9. The maximum absolute atomic E-state index is 12.9. The van der Waals surface area contributed by atoms with Crippen LogP contribution in [0, 0.1) is 0 Å². The van der Waals surface area contributed by atoms with Crippen molar-refractivity contribution in [3.05, 3.63) is 47.0 Å². The van der Waals surface area contributed by atoms with Crippen LogP contribution in [0.2, 0.25) is 5.02 Å². The van der Waals surface area contributed by atoms with Gasteiger partial charge in [0.15, 0.2) is 11.5 Å². The van der Waals surface area contributed by atoms with Gasteiger partial charge in [0.2, 0.25) is 10.0 Å². The van der Waals surface area contributed by atoms with Gasteiger partial charge in [-0.05, 0) is 42.9 Å². The summed E-state index contributed by atoms with van der Waals surface area (Å²) in [7, 11) is -3.56. The Morgan fingerprint density at radius 1 is 1.06 bits per heavy atom. The number of fused-ring (bicyclic) bond motifs is 1. The van der Waals surface area contributed by atoms with E-state index in [-0.39, 0.29) is 10.8 Å². The number of hydrogen-bond acceptors (Lipinski definition) is 6. The van der Waals surface area contributed by atoms with Crippen LogP contribution in [0.25, 0.3) is 0 Å². The van der Waals surface area contributed by atoms with E-state index in [1.807, 2.05) is 0 Å². The van der Waals surface area contributed by atoms with Gasteiger partial charge in [-0.25, -0.2) is 8.42 Å². The van der Waals surface area contributed by atoms with Crippen molar-refractivity contribution >= 4 is 33.2 Å². The van der Waals surface area contributed by atoms with Crippen molar-refractivity contribution in [2.75, 3.05) is 51.3 Å². The lowest BCUT2D eigenvalue weighted by Gasteiger charge is -2.33. The van der Waals surface area contributed by atoms with E-state index in [2.05, 4.69) is 17.1 Å². The Balaban J connectivity index is 1.45. The van der Waals surface area contributed by atoms with Crippen molar-refractivity contribution in [1.29, 1.82) is 0 Å². The van der Waals surface area contributed by atoms with Gasteiger partial charge in [-0.15, -0.1) is 0 Å². The Morgan fingerprint density at radius 2 is 1.75 bits per heavy atom. The second kappa shape index (κ2) is 9.66. The van der Waals surface area contributed by atoms with E-state index in [1.54, 1.807) is 18.2 Å². The number of ether oxygens (including phenoxy) is 2. The van der Waals surface area contributed by atoms with E-state index < -0.39 is 10.0 Å². The molecular weight excluding hydrogens is 454 g/mol. The Bertz CT molecular complexity index is 1080. The Labute approximate surface area is 193 Å². The van der Waals surface area contributed by atoms with Gasteiger partial charge in [-0.1, -0.05) is 18.5 Å². The lowest BCUT2D eigenvalue weighted by Crippen LogP contribution is -2.48. The highest BCUT2D eigenvalue weighted by Crippen LogP contribution is 2.38. The number of nitrogens with one attached hydrogen (secondary N) is 1. The Morgan fingerprint density at radius 3 is 2.44 bits per heavy atom. The molecule has 1 saturated heterocycles. The van der Waals surface area contributed by atoms with E-state index in [4.69, 9.17) is 21.1 Å². The molecule has 1 amide bonds. The summed E-state index contributed by atoms with van der Waals surface area (Å²) in [5.41, 5.74) is 0.803. The number of piperazine rings is 1. The second-order valence-electron chi connectivity index (χ2n) is 7.65. The number of amides is 1. The first-order chi connectivity index (χ1) is 15.4. The minimum atomic E-state index is -3.56. The fourth-order valence-electron chi connectivity index (χ4n) is 3.71. The summed E-state index contributed by atoms with van der Waals surface area (Å²) in [6.07, 6.45) is 0.732. The number of sulfonamides is 1. The molecule has 2 aliphatic heterocycles. The smallest absolute Gasteiger partial charge is 0.255 e. The largest absolute Gasteiger partial charge is 0.489 e. The van der Waals surface area contributed by atoms with Crippen LogP contribution in [-0.4, -0.2) is 69.5 Å². The summed E-state index contributed by atoms with van der Waals surface area (Å²) in [6.45, 7) is 6.36. The van der Waals surface area contributed by atoms with Crippen LogP contribution in [-0.2, 0) is 10.0 Å². The summed E-state index contributed by atoms with van der Waals surface area (Å²) in [6, 6.07) is 9.31. The first-order valence-electron chi connectivity index (χ1n) is 10.6. The van der Waals surface area contributed by atoms with Crippen LogP contribution in [0.3, 0.4) is 0 Å². The molecule has 4 rings (SSSR count). The van der Waals surface area contributed by atoms with Crippen LogP contribution in [0.4, 0.5) is 5.69 Å². The monoisotopic (exact) mass is 479 g/mol. The zero-order valence-corrected chi connectivity index (χ0v) is 19.4. The molecule has 2 aliphatic rings. The van der Waals surface area contributed by atoms with Crippen molar-refractivity contribution in [1.82, 2.24) is 9.21 Å². The molecule has 0 spiro atoms. The third-order valence-corrected chi connectivity index (χ3v) is 7.79. The van der Waals surface area contributed by atoms with Gasteiger partial charge in [-0.3, -0.25) is 4.79 Å². The zero-order chi connectivity index (χ0) is 22.7. The quantitative estimate of drug-likeness (QED) is 0.709. The molecule has 10 heteroatoms. The normalized spacial score (nSPS) is 17.6. The number of benzene rings is 2. The van der Waals surface area contributed by atoms with E-state index in [0.29, 0.717) is 54.1 Å². The van der Waals surface area contributed by atoms with Crippen LogP contribution in [0.15, 0.2) is 41.3 Å². The van der Waals surface area contributed by atoms with E-state index in [9.17, 15) is 13.2 Å². The van der Waals surface area contributed by atoms with Gasteiger partial charge in [0.05, 0.1) is 23.1 Å². The molecule has 0 atom stereocenters. The van der Waals surface area contributed by atoms with Gasteiger partial charge in [0, 0.05) is 43.9 Å². The van der Waals surface area contributed by atoms with Gasteiger partial charge in [-0.2, -0.15) is 4.31 Å². The topological polar surface area (TPSA) is 88.2 Å². The predicted octanol–water partition coefficient (Wildman–Crippen LogP) is 3.08. The van der Waals surface area contributed by atoms with Gasteiger partial charge >= 0.3 is 0 Å². The SMILES string of the molecule is CCN1CCN(S(=O)(=O)c2ccc(NC(=O)c3cc(Cl)c4c(c3)OCCCO4)cc2)CC1. The van der Waals surface area contributed by atoms with Crippen molar-refractivity contribution in [3.8, 4) is 11.5 Å². The average molecular weight is 480 g/mol. The molecule has 0 aliphatic carbocycles. The summed E-state index contributed by atoms with van der Waals surface area (Å²) in [5.74, 6) is 0.494. The predicted molar refractivity (Wildman–Crippen MR) is 122 cm³/mol. The summed E-state index contributed by atoms with van der Waals surface area (Å²) >= 11 is 6.27. The van der Waals surface area contributed by atoms with Crippen LogP contribution in [0.5, 0.6) is 11.5 Å². The third-order valence-electron chi connectivity index (χ3n) is 5.59. The second-order valence-corrected chi connectivity index (χ2v) is 10.00. The number of rotatable bonds is 5. The first kappa shape index (κ1) is 22.8. The summed E-state index contributed by atoms with van der Waals surface area (Å²) < 4.78 is 38.6. The molecule has 0 aromatic heterocycles. The molecule has 1 fully saturated rings. The first-order valence-corrected chi connectivity index (χ1v) is 12.4. The number of nitrogens with zero attached hydrogens (tertiary/aromatic N) is 2. The highest BCUT2D eigenvalue weighted by molar-refractivity contribution is 7.89. The standard InChI is InChI=1S/C22H26ClN3O5S/c1-2-25-8-10-26(11-9-25)32(28,29)18-6-4-17(5-7-18)24-22(27)16-14-19(23)21-20(15-16)30-12-3-13-31-21/h4-7,14-15H,2-3,8-13H2,1H3,(H,24,27). The Hall–Kier alpha value is -2.33. The van der Waals surface area contributed by atoms with Crippen LogP contribution >= 0.6 is 11.6 Å². The van der Waals surface area contributed by atoms with Gasteiger partial charge in [0.1, 0.15) is 0 Å². The molecule has 172 valence electrons. The fraction of sp³-hybridized carbons (Fsp3) is 0.409. The molecule has 8 nitrogen and oxygen atoms in total. The molecule has 0 bridgehead atoms. The molecular formula is C22H26ClN3O5S. The zero-order valence-electron chi connectivity index (χ0n) is 17.8. The van der Waals surface area contributed by atoms with E-state index >= 15 is 0 Å². The molecule has 0 unspecified atom stereocenters. The van der Waals surface area contributed by atoms with Crippen molar-refractivity contribution < 1.29 is 22.7 Å². The van der Waals surface area contributed by atoms with Crippen LogP contribution < -0.4 is 14.8 Å². The van der Waals surface area contributed by atoms with E-state index in [1.165, 1.54) is 22.5 Å². The lowest BCUT2D eigenvalue weighted by molar-refractivity contribution is 0.102. The maximum Gasteiger partial charge on any atom is 0.255 e. The molecule has 0 saturated carbocycles. The van der Waals surface area contributed by atoms with Crippen molar-refractivity contribution in [2.24, 2.45) is 0 Å². The Kier molecular flexibility index (Phi) is 6.90. The molecule has 32 heavy (non-hydrogen) atoms. The molecule has 2 heterocycles. The minimum absolute atomic E-state index is 0.207. The van der Waals surface area contributed by atoms with E-state index in [0.717, 1.165) is 26.1 Å². The lowest BCUT2D eigenvalue weighted by atomic mass is 10.1. The number of likely N-dealkylation sites (N-methyl/N-ethyl adjacent to an activating group) is 1. The number of anilines is 1. The molecule has 2 aromatic rings. The summed E-state index contributed by atoms with van der Waals surface area (Å²) in [5, 5.41) is 3.08. The highest BCUT2D eigenvalue weighted by atomic mass is 35.5. The number of hydrogen-bond donors (Lipinski definition) is 1. The fourth-order valence-corrected chi connectivity index (χ4v) is 5.40. The number of halogens is 1. The van der Waals surface area contributed by atoms with Crippen molar-refractivity contribution in [3.63, 3.8) is 0 Å². The van der Waals surface area contributed by atoms with Crippen molar-refractivity contribution in [2.45, 2.75) is 18.2 Å². The number of carbonyl (C=O) groups excluding carboxylic acids is 1. The highest BCUT2D eigenvalue weighted by Gasteiger charge is 2.28. The molecule has 0 radical (unpaired) electrons. The number of carbonyl (C=O) groups is 1. The van der Waals surface area contributed by atoms with Gasteiger partial charge in [0.25, 0.3) is 5.91 Å². The molecule has 2 aromatic carbocycles.